The number of sulfonamides is 1. The first-order valence-corrected chi connectivity index (χ1v) is 14.1. The van der Waals surface area contributed by atoms with E-state index in [0.29, 0.717) is 5.56 Å². The van der Waals surface area contributed by atoms with Gasteiger partial charge in [0.05, 0.1) is 23.5 Å². The minimum atomic E-state index is -3.99. The van der Waals surface area contributed by atoms with Gasteiger partial charge < -0.3 is 20.2 Å². The number of benzene rings is 4. The fraction of sp³-hybridized carbons (Fsp3) is 0.129. The number of likely N-dealkylation sites (N-methyl/N-ethyl adjacent to an activating group) is 1. The summed E-state index contributed by atoms with van der Waals surface area (Å²) < 4.78 is 27.2. The van der Waals surface area contributed by atoms with E-state index in [1.54, 1.807) is 48.5 Å². The van der Waals surface area contributed by atoms with Gasteiger partial charge in [-0.15, -0.1) is 0 Å². The molecule has 11 heteroatoms. The summed E-state index contributed by atoms with van der Waals surface area (Å²) in [6.07, 6.45) is 0. The van der Waals surface area contributed by atoms with Gasteiger partial charge in [0.25, 0.3) is 0 Å². The van der Waals surface area contributed by atoms with Crippen LogP contribution in [0.25, 0.3) is 11.1 Å². The van der Waals surface area contributed by atoms with E-state index in [2.05, 4.69) is 0 Å². The maximum absolute atomic E-state index is 13.6. The molecule has 4 rings (SSSR count). The summed E-state index contributed by atoms with van der Waals surface area (Å²) in [5, 5.41) is 28.7. The van der Waals surface area contributed by atoms with Gasteiger partial charge in [-0.2, -0.15) is 4.31 Å². The first kappa shape index (κ1) is 30.0. The second-order valence-electron chi connectivity index (χ2n) is 9.64. The number of anilines is 1. The van der Waals surface area contributed by atoms with Gasteiger partial charge in [0.15, 0.2) is 0 Å². The van der Waals surface area contributed by atoms with Crippen LogP contribution in [0, 0.1) is 6.92 Å². The first-order chi connectivity index (χ1) is 19.9. The standard InChI is InChI=1S/C31H28N2O8S/c1-20-3-14-26(15-4-20)42(40,41)32(2)19-29(35)33(25-13-16-27(31(38)39)28(34)17-25)18-21-5-7-22(8-6-21)23-9-11-24(12-10-23)30(36)37/h3-17,34H,18-19H2,1-2H3,(H,36,37)(H,38,39). The van der Waals surface area contributed by atoms with E-state index in [4.69, 9.17) is 5.11 Å². The largest absolute Gasteiger partial charge is 0.507 e. The molecule has 10 nitrogen and oxygen atoms in total. The number of nitrogens with zero attached hydrogens (tertiary/aromatic N) is 2. The summed E-state index contributed by atoms with van der Waals surface area (Å²) in [5.74, 6) is -3.52. The molecule has 3 N–H and O–H groups in total. The molecule has 0 aliphatic heterocycles. The number of carboxylic acids is 2. The lowest BCUT2D eigenvalue weighted by atomic mass is 10.0. The number of aromatic hydroxyl groups is 1. The van der Waals surface area contributed by atoms with Gasteiger partial charge >= 0.3 is 11.9 Å². The Morgan fingerprint density at radius 2 is 1.33 bits per heavy atom. The predicted molar refractivity (Wildman–Crippen MR) is 156 cm³/mol. The number of carbonyl (C=O) groups is 3. The average molecular weight is 589 g/mol. The molecular formula is C31H28N2O8S. The Labute approximate surface area is 242 Å². The van der Waals surface area contributed by atoms with Gasteiger partial charge in [-0.25, -0.2) is 18.0 Å². The van der Waals surface area contributed by atoms with E-state index in [1.807, 2.05) is 6.92 Å². The van der Waals surface area contributed by atoms with Crippen LogP contribution in [0.3, 0.4) is 0 Å². The molecule has 0 aliphatic rings. The van der Waals surface area contributed by atoms with Crippen molar-refractivity contribution in [2.24, 2.45) is 0 Å². The normalized spacial score (nSPS) is 11.3. The van der Waals surface area contributed by atoms with Crippen molar-refractivity contribution in [3.63, 3.8) is 0 Å². The van der Waals surface area contributed by atoms with E-state index in [-0.39, 0.29) is 28.3 Å². The summed E-state index contributed by atoms with van der Waals surface area (Å²) in [7, 11) is -2.70. The molecule has 0 heterocycles. The van der Waals surface area contributed by atoms with Crippen molar-refractivity contribution in [1.82, 2.24) is 4.31 Å². The molecule has 0 saturated carbocycles. The van der Waals surface area contributed by atoms with Gasteiger partial charge in [0.2, 0.25) is 15.9 Å². The lowest BCUT2D eigenvalue weighted by Gasteiger charge is -2.26. The number of aryl methyl sites for hydroxylation is 1. The van der Waals surface area contributed by atoms with Crippen molar-refractivity contribution in [2.75, 3.05) is 18.5 Å². The molecule has 0 bridgehead atoms. The van der Waals surface area contributed by atoms with Crippen molar-refractivity contribution < 1.29 is 38.1 Å². The molecule has 0 aromatic heterocycles. The Morgan fingerprint density at radius 3 is 1.86 bits per heavy atom. The van der Waals surface area contributed by atoms with Crippen LogP contribution in [-0.2, 0) is 21.4 Å². The summed E-state index contributed by atoms with van der Waals surface area (Å²) in [6.45, 7) is 1.29. The smallest absolute Gasteiger partial charge is 0.339 e. The molecular weight excluding hydrogens is 560 g/mol. The minimum Gasteiger partial charge on any atom is -0.507 e. The third kappa shape index (κ3) is 6.65. The molecule has 0 spiro atoms. The molecule has 0 aliphatic carbocycles. The quantitative estimate of drug-likeness (QED) is 0.243. The third-order valence-electron chi connectivity index (χ3n) is 6.67. The maximum Gasteiger partial charge on any atom is 0.339 e. The fourth-order valence-corrected chi connectivity index (χ4v) is 5.35. The van der Waals surface area contributed by atoms with E-state index < -0.39 is 40.2 Å². The number of rotatable bonds is 10. The van der Waals surface area contributed by atoms with E-state index in [1.165, 1.54) is 48.3 Å². The first-order valence-electron chi connectivity index (χ1n) is 12.7. The van der Waals surface area contributed by atoms with Crippen LogP contribution in [0.5, 0.6) is 5.75 Å². The van der Waals surface area contributed by atoms with E-state index in [9.17, 15) is 33.0 Å². The number of hydrogen-bond acceptors (Lipinski definition) is 6. The van der Waals surface area contributed by atoms with E-state index >= 15 is 0 Å². The zero-order valence-electron chi connectivity index (χ0n) is 22.8. The number of hydrogen-bond donors (Lipinski definition) is 3. The summed E-state index contributed by atoms with van der Waals surface area (Å²) >= 11 is 0. The Bertz CT molecular complexity index is 1730. The minimum absolute atomic E-state index is 0.0126. The monoisotopic (exact) mass is 588 g/mol. The van der Waals surface area contributed by atoms with Gasteiger partial charge in [-0.1, -0.05) is 54.1 Å². The molecule has 0 fully saturated rings. The number of aromatic carboxylic acids is 2. The van der Waals surface area contributed by atoms with Crippen molar-refractivity contribution in [3.05, 3.63) is 113 Å². The van der Waals surface area contributed by atoms with Crippen LogP contribution >= 0.6 is 0 Å². The maximum atomic E-state index is 13.6. The van der Waals surface area contributed by atoms with Crippen LogP contribution in [0.15, 0.2) is 95.9 Å². The van der Waals surface area contributed by atoms with Gasteiger partial charge in [0, 0.05) is 18.8 Å². The lowest BCUT2D eigenvalue weighted by Crippen LogP contribution is -2.41. The highest BCUT2D eigenvalue weighted by atomic mass is 32.2. The highest BCUT2D eigenvalue weighted by Crippen LogP contribution is 2.28. The van der Waals surface area contributed by atoms with Gasteiger partial charge in [-0.05, 0) is 60.0 Å². The average Bonchev–Trinajstić information content (AvgIpc) is 2.96. The summed E-state index contributed by atoms with van der Waals surface area (Å²) in [6, 6.07) is 23.4. The Hall–Kier alpha value is -5.00. The van der Waals surface area contributed by atoms with Crippen molar-refractivity contribution in [2.45, 2.75) is 18.4 Å². The molecule has 4 aromatic carbocycles. The zero-order chi connectivity index (χ0) is 30.6. The summed E-state index contributed by atoms with van der Waals surface area (Å²) in [5.41, 5.74) is 3.14. The van der Waals surface area contributed by atoms with Gasteiger partial charge in [0.1, 0.15) is 11.3 Å². The molecule has 0 unspecified atom stereocenters. The molecule has 1 amide bonds. The molecule has 0 radical (unpaired) electrons. The van der Waals surface area contributed by atoms with Crippen molar-refractivity contribution >= 4 is 33.6 Å². The zero-order valence-corrected chi connectivity index (χ0v) is 23.6. The number of amides is 1. The van der Waals surface area contributed by atoms with E-state index in [0.717, 1.165) is 27.1 Å². The third-order valence-corrected chi connectivity index (χ3v) is 8.49. The molecule has 0 atom stereocenters. The SMILES string of the molecule is Cc1ccc(S(=O)(=O)N(C)CC(=O)N(Cc2ccc(-c3ccc(C(=O)O)cc3)cc2)c2ccc(C(=O)O)c(O)c2)cc1. The fourth-order valence-electron chi connectivity index (χ4n) is 4.23. The highest BCUT2D eigenvalue weighted by Gasteiger charge is 2.27. The lowest BCUT2D eigenvalue weighted by molar-refractivity contribution is -0.118. The second kappa shape index (κ2) is 12.2. The number of phenols is 1. The second-order valence-corrected chi connectivity index (χ2v) is 11.7. The van der Waals surface area contributed by atoms with Crippen LogP contribution in [0.2, 0.25) is 0 Å². The topological polar surface area (TPSA) is 153 Å². The molecule has 0 saturated heterocycles. The molecule has 216 valence electrons. The number of carboxylic acid groups (broad SMARTS) is 2. The molecule has 42 heavy (non-hydrogen) atoms. The van der Waals surface area contributed by atoms with Crippen LogP contribution in [0.1, 0.15) is 31.8 Å². The van der Waals surface area contributed by atoms with Crippen molar-refractivity contribution in [1.29, 1.82) is 0 Å². The van der Waals surface area contributed by atoms with Crippen molar-refractivity contribution in [3.8, 4) is 16.9 Å². The Morgan fingerprint density at radius 1 is 0.762 bits per heavy atom. The van der Waals surface area contributed by atoms with Gasteiger partial charge in [-0.3, -0.25) is 4.79 Å². The Balaban J connectivity index is 1.62. The highest BCUT2D eigenvalue weighted by molar-refractivity contribution is 7.89. The van der Waals surface area contributed by atoms with Crippen LogP contribution < -0.4 is 4.90 Å². The van der Waals surface area contributed by atoms with Crippen LogP contribution in [-0.4, -0.2) is 59.5 Å². The number of carbonyl (C=O) groups excluding carboxylic acids is 1. The predicted octanol–water partition coefficient (Wildman–Crippen LogP) is 4.62. The molecule has 4 aromatic rings. The summed E-state index contributed by atoms with van der Waals surface area (Å²) in [4.78, 5) is 37.4. The van der Waals surface area contributed by atoms with Crippen LogP contribution in [0.4, 0.5) is 5.69 Å². The Kier molecular flexibility index (Phi) is 8.74.